The Hall–Kier alpha value is -2.15. The summed E-state index contributed by atoms with van der Waals surface area (Å²) in [6.07, 6.45) is 3.14. The molecule has 21 heavy (non-hydrogen) atoms. The molecule has 0 aliphatic carbocycles. The zero-order chi connectivity index (χ0) is 15.2. The van der Waals surface area contributed by atoms with Crippen molar-refractivity contribution < 1.29 is 19.4 Å². The van der Waals surface area contributed by atoms with Crippen LogP contribution in [0.15, 0.2) is 18.3 Å². The molecule has 0 spiro atoms. The maximum atomic E-state index is 11.6. The summed E-state index contributed by atoms with van der Waals surface area (Å²) in [6, 6.07) is 3.63. The largest absolute Gasteiger partial charge is 0.480 e. The second kappa shape index (κ2) is 7.03. The number of aromatic nitrogens is 1. The Bertz CT molecular complexity index is 513. The van der Waals surface area contributed by atoms with Gasteiger partial charge in [-0.25, -0.2) is 4.79 Å². The summed E-state index contributed by atoms with van der Waals surface area (Å²) in [5.41, 5.74) is 1.33. The molecule has 2 rings (SSSR count). The fourth-order valence-corrected chi connectivity index (χ4v) is 2.34. The van der Waals surface area contributed by atoms with Crippen LogP contribution < -0.4 is 10.2 Å². The summed E-state index contributed by atoms with van der Waals surface area (Å²) in [7, 11) is 1.57. The first kappa shape index (κ1) is 15.2. The summed E-state index contributed by atoms with van der Waals surface area (Å²) < 4.78 is 5.31. The van der Waals surface area contributed by atoms with Gasteiger partial charge in [-0.3, -0.25) is 9.78 Å². The van der Waals surface area contributed by atoms with Crippen molar-refractivity contribution in [1.29, 1.82) is 0 Å². The molecule has 1 saturated heterocycles. The van der Waals surface area contributed by atoms with Crippen LogP contribution in [0.4, 0.5) is 5.69 Å². The summed E-state index contributed by atoms with van der Waals surface area (Å²) in [4.78, 5) is 28.2. The third kappa shape index (κ3) is 4.16. The van der Waals surface area contributed by atoms with E-state index in [0.717, 1.165) is 31.6 Å². The lowest BCUT2D eigenvalue weighted by Crippen LogP contribution is -2.37. The third-order valence-electron chi connectivity index (χ3n) is 3.45. The second-order valence-electron chi connectivity index (χ2n) is 4.87. The van der Waals surface area contributed by atoms with Gasteiger partial charge < -0.3 is 20.1 Å². The molecule has 0 radical (unpaired) electrons. The second-order valence-corrected chi connectivity index (χ2v) is 4.87. The van der Waals surface area contributed by atoms with E-state index in [4.69, 9.17) is 9.84 Å². The number of nitrogens with zero attached hydrogens (tertiary/aromatic N) is 2. The average Bonchev–Trinajstić information content (AvgIpc) is 2.52. The first-order valence-electron chi connectivity index (χ1n) is 6.86. The lowest BCUT2D eigenvalue weighted by Gasteiger charge is -2.33. The molecule has 2 N–H and O–H groups in total. The molecule has 0 unspecified atom stereocenters. The molecule has 0 atom stereocenters. The number of rotatable bonds is 5. The number of carbonyl (C=O) groups excluding carboxylic acids is 1. The number of nitrogens with one attached hydrogen (secondary N) is 1. The highest BCUT2D eigenvalue weighted by molar-refractivity contribution is 5.92. The van der Waals surface area contributed by atoms with Gasteiger partial charge >= 0.3 is 5.97 Å². The van der Waals surface area contributed by atoms with Gasteiger partial charge in [0.1, 0.15) is 12.3 Å². The van der Waals surface area contributed by atoms with Crippen molar-refractivity contribution in [2.24, 2.45) is 0 Å². The molecule has 7 heteroatoms. The number of hydrogen-bond acceptors (Lipinski definition) is 5. The molecule has 2 heterocycles. The fourth-order valence-electron chi connectivity index (χ4n) is 2.34. The van der Waals surface area contributed by atoms with Crippen molar-refractivity contribution in [3.63, 3.8) is 0 Å². The quantitative estimate of drug-likeness (QED) is 0.822. The number of carbonyl (C=O) groups is 2. The Balaban J connectivity index is 1.93. The van der Waals surface area contributed by atoms with E-state index in [1.807, 2.05) is 6.07 Å². The molecule has 1 aliphatic rings. The lowest BCUT2D eigenvalue weighted by molar-refractivity contribution is -0.144. The van der Waals surface area contributed by atoms with Crippen LogP contribution in [0.5, 0.6) is 0 Å². The zero-order valence-electron chi connectivity index (χ0n) is 11.9. The van der Waals surface area contributed by atoms with Gasteiger partial charge in [-0.2, -0.15) is 0 Å². The normalized spacial score (nSPS) is 15.8. The zero-order valence-corrected chi connectivity index (χ0v) is 11.9. The minimum atomic E-state index is -0.943. The molecular weight excluding hydrogens is 274 g/mol. The van der Waals surface area contributed by atoms with Crippen LogP contribution in [0.3, 0.4) is 0 Å². The van der Waals surface area contributed by atoms with Gasteiger partial charge in [-0.1, -0.05) is 0 Å². The van der Waals surface area contributed by atoms with Gasteiger partial charge in [0.25, 0.3) is 5.91 Å². The summed E-state index contributed by atoms with van der Waals surface area (Å²) in [5.74, 6) is -1.15. The standard InChI is InChI=1S/C14H19N3O4/c1-15-14(20)12-8-10(2-5-16-12)17-6-3-11(4-7-17)21-9-13(18)19/h2,5,8,11H,3-4,6-7,9H2,1H3,(H,15,20)(H,18,19). The van der Waals surface area contributed by atoms with Gasteiger partial charge in [0, 0.05) is 32.0 Å². The molecule has 1 aromatic rings. The predicted octanol–water partition coefficient (Wildman–Crippen LogP) is 0.511. The van der Waals surface area contributed by atoms with E-state index in [2.05, 4.69) is 15.2 Å². The Kier molecular flexibility index (Phi) is 5.10. The molecule has 1 aromatic heterocycles. The minimum Gasteiger partial charge on any atom is -0.480 e. The highest BCUT2D eigenvalue weighted by atomic mass is 16.5. The summed E-state index contributed by atoms with van der Waals surface area (Å²) in [5, 5.41) is 11.2. The van der Waals surface area contributed by atoms with Crippen LogP contribution in [0.1, 0.15) is 23.3 Å². The number of pyridine rings is 1. The van der Waals surface area contributed by atoms with Crippen molar-refractivity contribution in [3.05, 3.63) is 24.0 Å². The van der Waals surface area contributed by atoms with E-state index in [-0.39, 0.29) is 18.6 Å². The molecule has 0 saturated carbocycles. The topological polar surface area (TPSA) is 91.8 Å². The lowest BCUT2D eigenvalue weighted by atomic mass is 10.1. The van der Waals surface area contributed by atoms with E-state index in [9.17, 15) is 9.59 Å². The fraction of sp³-hybridized carbons (Fsp3) is 0.500. The molecule has 1 fully saturated rings. The van der Waals surface area contributed by atoms with Gasteiger partial charge in [-0.05, 0) is 25.0 Å². The Morgan fingerprint density at radius 3 is 2.81 bits per heavy atom. The Morgan fingerprint density at radius 2 is 2.19 bits per heavy atom. The smallest absolute Gasteiger partial charge is 0.329 e. The van der Waals surface area contributed by atoms with Crippen LogP contribution in [0.2, 0.25) is 0 Å². The number of carboxylic acids is 1. The van der Waals surface area contributed by atoms with Crippen LogP contribution in [-0.4, -0.2) is 54.8 Å². The highest BCUT2D eigenvalue weighted by Crippen LogP contribution is 2.21. The van der Waals surface area contributed by atoms with Crippen molar-refractivity contribution in [2.75, 3.05) is 31.6 Å². The maximum Gasteiger partial charge on any atom is 0.329 e. The number of piperidine rings is 1. The monoisotopic (exact) mass is 293 g/mol. The van der Waals surface area contributed by atoms with E-state index in [0.29, 0.717) is 5.69 Å². The predicted molar refractivity (Wildman–Crippen MR) is 76.5 cm³/mol. The Morgan fingerprint density at radius 1 is 1.48 bits per heavy atom. The van der Waals surface area contributed by atoms with Crippen molar-refractivity contribution in [2.45, 2.75) is 18.9 Å². The molecule has 1 aliphatic heterocycles. The van der Waals surface area contributed by atoms with Crippen molar-refractivity contribution in [3.8, 4) is 0 Å². The first-order valence-corrected chi connectivity index (χ1v) is 6.86. The molecule has 114 valence electrons. The van der Waals surface area contributed by atoms with Crippen LogP contribution in [0, 0.1) is 0 Å². The van der Waals surface area contributed by atoms with Crippen LogP contribution >= 0.6 is 0 Å². The van der Waals surface area contributed by atoms with Crippen LogP contribution in [-0.2, 0) is 9.53 Å². The molecule has 0 bridgehead atoms. The van der Waals surface area contributed by atoms with Gasteiger partial charge in [0.15, 0.2) is 0 Å². The number of anilines is 1. The molecular formula is C14H19N3O4. The summed E-state index contributed by atoms with van der Waals surface area (Å²) >= 11 is 0. The number of ether oxygens (including phenoxy) is 1. The van der Waals surface area contributed by atoms with Gasteiger partial charge in [0.05, 0.1) is 6.10 Å². The van der Waals surface area contributed by atoms with Crippen molar-refractivity contribution in [1.82, 2.24) is 10.3 Å². The SMILES string of the molecule is CNC(=O)c1cc(N2CCC(OCC(=O)O)CC2)ccn1. The van der Waals surface area contributed by atoms with E-state index in [1.165, 1.54) is 0 Å². The molecule has 7 nitrogen and oxygen atoms in total. The van der Waals surface area contributed by atoms with Crippen molar-refractivity contribution >= 4 is 17.6 Å². The number of hydrogen-bond donors (Lipinski definition) is 2. The highest BCUT2D eigenvalue weighted by Gasteiger charge is 2.21. The first-order chi connectivity index (χ1) is 10.1. The van der Waals surface area contributed by atoms with E-state index in [1.54, 1.807) is 19.3 Å². The number of aliphatic carboxylic acids is 1. The van der Waals surface area contributed by atoms with E-state index < -0.39 is 5.97 Å². The number of amides is 1. The Labute approximate surface area is 122 Å². The van der Waals surface area contributed by atoms with Crippen LogP contribution in [0.25, 0.3) is 0 Å². The number of carboxylic acid groups (broad SMARTS) is 1. The van der Waals surface area contributed by atoms with Gasteiger partial charge in [-0.15, -0.1) is 0 Å². The average molecular weight is 293 g/mol. The maximum absolute atomic E-state index is 11.6. The van der Waals surface area contributed by atoms with E-state index >= 15 is 0 Å². The minimum absolute atomic E-state index is 0.0161. The molecule has 0 aromatic carbocycles. The van der Waals surface area contributed by atoms with Gasteiger partial charge in [0.2, 0.25) is 0 Å². The molecule has 1 amide bonds. The summed E-state index contributed by atoms with van der Waals surface area (Å²) in [6.45, 7) is 1.28. The third-order valence-corrected chi connectivity index (χ3v) is 3.45.